The molecule has 1 N–H and O–H groups in total. The van der Waals surface area contributed by atoms with E-state index in [4.69, 9.17) is 9.84 Å². The van der Waals surface area contributed by atoms with Gasteiger partial charge >= 0.3 is 5.97 Å². The van der Waals surface area contributed by atoms with Gasteiger partial charge in [-0.05, 0) is 0 Å². The standard InChI is InChI=1S/C6H11NO3.Na/c8-6(9)5-7-1-3-10-4-2-7;/h1-5H2,(H,8,9);. The molecule has 1 heterocycles. The second kappa shape index (κ2) is 5.97. The molecule has 4 nitrogen and oxygen atoms in total. The van der Waals surface area contributed by atoms with Crippen molar-refractivity contribution in [3.05, 3.63) is 0 Å². The predicted octanol–water partition coefficient (Wildman–Crippen LogP) is -0.978. The van der Waals surface area contributed by atoms with Crippen molar-refractivity contribution in [2.24, 2.45) is 0 Å². The molecule has 0 aliphatic carbocycles. The maximum absolute atomic E-state index is 10.2. The molecular weight excluding hydrogens is 157 g/mol. The van der Waals surface area contributed by atoms with Crippen LogP contribution in [0.3, 0.4) is 0 Å². The van der Waals surface area contributed by atoms with Crippen LogP contribution in [0.25, 0.3) is 0 Å². The van der Waals surface area contributed by atoms with E-state index in [1.807, 2.05) is 4.90 Å². The van der Waals surface area contributed by atoms with E-state index >= 15 is 0 Å². The molecule has 1 aliphatic rings. The van der Waals surface area contributed by atoms with Gasteiger partial charge in [-0.25, -0.2) is 0 Å². The average Bonchev–Trinajstić information content (AvgIpc) is 1.88. The topological polar surface area (TPSA) is 49.8 Å². The fourth-order valence-corrected chi connectivity index (χ4v) is 0.951. The van der Waals surface area contributed by atoms with Gasteiger partial charge < -0.3 is 9.84 Å². The first-order valence-corrected chi connectivity index (χ1v) is 3.31. The van der Waals surface area contributed by atoms with E-state index in [0.717, 1.165) is 13.1 Å². The van der Waals surface area contributed by atoms with Crippen molar-refractivity contribution in [1.82, 2.24) is 4.90 Å². The normalized spacial score (nSPS) is 18.9. The number of hydrogen-bond donors (Lipinski definition) is 1. The van der Waals surface area contributed by atoms with Crippen LogP contribution in [0.2, 0.25) is 0 Å². The van der Waals surface area contributed by atoms with Gasteiger partial charge in [0, 0.05) is 42.6 Å². The molecule has 0 aromatic heterocycles. The quantitative estimate of drug-likeness (QED) is 0.538. The Labute approximate surface area is 87.8 Å². The Kier molecular flexibility index (Phi) is 6.18. The van der Waals surface area contributed by atoms with Crippen LogP contribution < -0.4 is 0 Å². The Balaban J connectivity index is 0.000001000. The Bertz CT molecular complexity index is 125. The van der Waals surface area contributed by atoms with Crippen LogP contribution in [-0.4, -0.2) is 78.4 Å². The minimum Gasteiger partial charge on any atom is -0.480 e. The molecule has 0 aromatic carbocycles. The molecule has 0 bridgehead atoms. The third-order valence-corrected chi connectivity index (χ3v) is 1.46. The number of carboxylic acid groups (broad SMARTS) is 1. The van der Waals surface area contributed by atoms with Crippen molar-refractivity contribution in [2.75, 3.05) is 32.8 Å². The fraction of sp³-hybridized carbons (Fsp3) is 0.833. The number of rotatable bonds is 2. The summed E-state index contributed by atoms with van der Waals surface area (Å²) in [4.78, 5) is 12.1. The van der Waals surface area contributed by atoms with Crippen molar-refractivity contribution in [1.29, 1.82) is 0 Å². The Morgan fingerprint density at radius 2 is 2.00 bits per heavy atom. The smallest absolute Gasteiger partial charge is 0.317 e. The molecule has 0 amide bonds. The van der Waals surface area contributed by atoms with Crippen LogP contribution in [0.1, 0.15) is 0 Å². The zero-order chi connectivity index (χ0) is 7.40. The van der Waals surface area contributed by atoms with Gasteiger partial charge in [-0.2, -0.15) is 0 Å². The first-order valence-electron chi connectivity index (χ1n) is 3.31. The van der Waals surface area contributed by atoms with E-state index in [9.17, 15) is 4.79 Å². The zero-order valence-electron chi connectivity index (χ0n) is 6.75. The number of hydrogen-bond acceptors (Lipinski definition) is 3. The van der Waals surface area contributed by atoms with Crippen molar-refractivity contribution >= 4 is 35.5 Å². The predicted molar refractivity (Wildman–Crippen MR) is 40.6 cm³/mol. The summed E-state index contributed by atoms with van der Waals surface area (Å²) >= 11 is 0. The molecule has 1 saturated heterocycles. The number of morpholine rings is 1. The molecule has 59 valence electrons. The molecule has 1 rings (SSSR count). The minimum absolute atomic E-state index is 0. The summed E-state index contributed by atoms with van der Waals surface area (Å²) in [6.07, 6.45) is 0. The van der Waals surface area contributed by atoms with Gasteiger partial charge in [-0.3, -0.25) is 9.69 Å². The van der Waals surface area contributed by atoms with Crippen LogP contribution in [0, 0.1) is 0 Å². The molecule has 11 heavy (non-hydrogen) atoms. The van der Waals surface area contributed by atoms with Crippen LogP contribution in [0.4, 0.5) is 0 Å². The van der Waals surface area contributed by atoms with E-state index in [1.54, 1.807) is 0 Å². The summed E-state index contributed by atoms with van der Waals surface area (Å²) in [7, 11) is 0. The van der Waals surface area contributed by atoms with Gasteiger partial charge in [0.25, 0.3) is 0 Å². The van der Waals surface area contributed by atoms with Crippen LogP contribution in [0.15, 0.2) is 0 Å². The monoisotopic (exact) mass is 168 g/mol. The van der Waals surface area contributed by atoms with Crippen molar-refractivity contribution in [3.63, 3.8) is 0 Å². The molecule has 1 fully saturated rings. The van der Waals surface area contributed by atoms with Crippen LogP contribution in [-0.2, 0) is 9.53 Å². The summed E-state index contributed by atoms with van der Waals surface area (Å²) in [5, 5.41) is 8.38. The number of carbonyl (C=O) groups is 1. The first-order chi connectivity index (χ1) is 4.79. The second-order valence-corrected chi connectivity index (χ2v) is 2.28. The Morgan fingerprint density at radius 1 is 1.45 bits per heavy atom. The molecule has 0 saturated carbocycles. The summed E-state index contributed by atoms with van der Waals surface area (Å²) in [6, 6.07) is 0. The van der Waals surface area contributed by atoms with Crippen LogP contribution >= 0.6 is 0 Å². The Morgan fingerprint density at radius 3 is 2.45 bits per heavy atom. The van der Waals surface area contributed by atoms with E-state index in [0.29, 0.717) is 13.2 Å². The SMILES string of the molecule is O=C(O)CN1CCOCC1.[Na]. The molecule has 5 heteroatoms. The van der Waals surface area contributed by atoms with Crippen LogP contribution in [0.5, 0.6) is 0 Å². The van der Waals surface area contributed by atoms with Gasteiger partial charge in [-0.1, -0.05) is 0 Å². The van der Waals surface area contributed by atoms with Crippen molar-refractivity contribution in [2.45, 2.75) is 0 Å². The Hall–Kier alpha value is 0.390. The van der Waals surface area contributed by atoms with E-state index < -0.39 is 5.97 Å². The molecule has 1 radical (unpaired) electrons. The third-order valence-electron chi connectivity index (χ3n) is 1.46. The molecular formula is C6H11NNaO3. The summed E-state index contributed by atoms with van der Waals surface area (Å²) in [5.74, 6) is -0.762. The van der Waals surface area contributed by atoms with Gasteiger partial charge in [0.05, 0.1) is 19.8 Å². The maximum atomic E-state index is 10.2. The average molecular weight is 168 g/mol. The largest absolute Gasteiger partial charge is 0.480 e. The maximum Gasteiger partial charge on any atom is 0.317 e. The number of carboxylic acids is 1. The molecule has 1 aliphatic heterocycles. The summed E-state index contributed by atoms with van der Waals surface area (Å²) in [6.45, 7) is 2.95. The van der Waals surface area contributed by atoms with Crippen molar-refractivity contribution < 1.29 is 14.6 Å². The van der Waals surface area contributed by atoms with E-state index in [1.165, 1.54) is 0 Å². The molecule has 0 unspecified atom stereocenters. The first kappa shape index (κ1) is 11.4. The van der Waals surface area contributed by atoms with Gasteiger partial charge in [-0.15, -0.1) is 0 Å². The molecule has 0 aromatic rings. The number of ether oxygens (including phenoxy) is 1. The van der Waals surface area contributed by atoms with Crippen molar-refractivity contribution in [3.8, 4) is 0 Å². The minimum atomic E-state index is -0.762. The third kappa shape index (κ3) is 4.76. The van der Waals surface area contributed by atoms with Gasteiger partial charge in [0.15, 0.2) is 0 Å². The van der Waals surface area contributed by atoms with Gasteiger partial charge in [0.1, 0.15) is 0 Å². The van der Waals surface area contributed by atoms with E-state index in [-0.39, 0.29) is 36.1 Å². The zero-order valence-corrected chi connectivity index (χ0v) is 8.75. The number of aliphatic carboxylic acids is 1. The number of nitrogens with zero attached hydrogens (tertiary/aromatic N) is 1. The van der Waals surface area contributed by atoms with Gasteiger partial charge in [0.2, 0.25) is 0 Å². The fourth-order valence-electron chi connectivity index (χ4n) is 0.951. The second-order valence-electron chi connectivity index (χ2n) is 2.28. The molecule has 0 atom stereocenters. The van der Waals surface area contributed by atoms with E-state index in [2.05, 4.69) is 0 Å². The summed E-state index contributed by atoms with van der Waals surface area (Å²) < 4.78 is 5.05. The summed E-state index contributed by atoms with van der Waals surface area (Å²) in [5.41, 5.74) is 0. The molecule has 0 spiro atoms.